The van der Waals surface area contributed by atoms with Crippen LogP contribution in [0.25, 0.3) is 11.1 Å². The first-order chi connectivity index (χ1) is 10.2. The number of hydrogen-bond acceptors (Lipinski definition) is 3. The number of oxazole rings is 1. The van der Waals surface area contributed by atoms with Gasteiger partial charge in [0.15, 0.2) is 11.5 Å². The van der Waals surface area contributed by atoms with E-state index in [1.165, 1.54) is 12.1 Å². The first-order valence-electron chi connectivity index (χ1n) is 6.60. The van der Waals surface area contributed by atoms with Crippen LogP contribution in [0, 0.1) is 5.82 Å². The van der Waals surface area contributed by atoms with Gasteiger partial charge in [0.2, 0.25) is 5.91 Å². The molecule has 1 aromatic heterocycles. The Morgan fingerprint density at radius 3 is 2.86 bits per heavy atom. The lowest BCUT2D eigenvalue weighted by molar-refractivity contribution is -0.116. The fraction of sp³-hybridized carbons (Fsp3) is 0.125. The number of aromatic nitrogens is 1. The van der Waals surface area contributed by atoms with Crippen molar-refractivity contribution in [2.75, 3.05) is 5.32 Å². The maximum absolute atomic E-state index is 13.0. The van der Waals surface area contributed by atoms with Crippen LogP contribution in [0.3, 0.4) is 0 Å². The third kappa shape index (κ3) is 3.25. The molecule has 0 fully saturated rings. The lowest BCUT2D eigenvalue weighted by Gasteiger charge is -2.03. The van der Waals surface area contributed by atoms with Gasteiger partial charge in [0, 0.05) is 18.5 Å². The van der Waals surface area contributed by atoms with Crippen molar-refractivity contribution in [3.05, 3.63) is 60.2 Å². The molecule has 0 aliphatic rings. The summed E-state index contributed by atoms with van der Waals surface area (Å²) in [5, 5.41) is 2.64. The molecule has 0 radical (unpaired) electrons. The van der Waals surface area contributed by atoms with Gasteiger partial charge in [0.25, 0.3) is 0 Å². The number of anilines is 1. The zero-order chi connectivity index (χ0) is 14.7. The number of nitrogens with zero attached hydrogens (tertiary/aromatic N) is 1. The van der Waals surface area contributed by atoms with Crippen LogP contribution in [-0.2, 0) is 11.2 Å². The third-order valence-corrected chi connectivity index (χ3v) is 3.01. The number of amides is 1. The zero-order valence-electron chi connectivity index (χ0n) is 11.2. The molecular formula is C16H13FN2O2. The van der Waals surface area contributed by atoms with Crippen LogP contribution in [0.4, 0.5) is 10.1 Å². The van der Waals surface area contributed by atoms with E-state index >= 15 is 0 Å². The van der Waals surface area contributed by atoms with E-state index in [-0.39, 0.29) is 18.1 Å². The predicted octanol–water partition coefficient (Wildman–Crippen LogP) is 3.54. The molecule has 2 aromatic carbocycles. The Balaban J connectivity index is 1.60. The number of rotatable bonds is 4. The number of carbonyl (C=O) groups is 1. The number of carbonyl (C=O) groups excluding carboxylic acids is 1. The molecule has 3 aromatic rings. The number of fused-ring (bicyclic) bond motifs is 1. The minimum absolute atomic E-state index is 0.206. The molecule has 0 saturated heterocycles. The molecule has 0 spiro atoms. The summed E-state index contributed by atoms with van der Waals surface area (Å²) in [6.07, 6.45) is 0.624. The number of halogens is 1. The van der Waals surface area contributed by atoms with E-state index in [0.29, 0.717) is 23.6 Å². The lowest BCUT2D eigenvalue weighted by Crippen LogP contribution is -2.12. The summed E-state index contributed by atoms with van der Waals surface area (Å²) < 4.78 is 18.5. The Kier molecular flexibility index (Phi) is 3.64. The van der Waals surface area contributed by atoms with Gasteiger partial charge >= 0.3 is 0 Å². The van der Waals surface area contributed by atoms with Crippen LogP contribution in [0.15, 0.2) is 52.9 Å². The largest absolute Gasteiger partial charge is 0.441 e. The number of benzene rings is 2. The molecule has 21 heavy (non-hydrogen) atoms. The van der Waals surface area contributed by atoms with Crippen molar-refractivity contribution in [3.63, 3.8) is 0 Å². The first-order valence-corrected chi connectivity index (χ1v) is 6.60. The summed E-state index contributed by atoms with van der Waals surface area (Å²) >= 11 is 0. The summed E-state index contributed by atoms with van der Waals surface area (Å²) in [6.45, 7) is 0. The quantitative estimate of drug-likeness (QED) is 0.797. The maximum atomic E-state index is 13.0. The second kappa shape index (κ2) is 5.75. The average Bonchev–Trinajstić information content (AvgIpc) is 2.88. The SMILES string of the molecule is O=C(CCc1nc2ccccc2o1)Nc1cccc(F)c1. The van der Waals surface area contributed by atoms with Gasteiger partial charge in [-0.15, -0.1) is 0 Å². The van der Waals surface area contributed by atoms with Crippen molar-refractivity contribution in [2.24, 2.45) is 0 Å². The number of nitrogens with one attached hydrogen (secondary N) is 1. The fourth-order valence-electron chi connectivity index (χ4n) is 2.04. The van der Waals surface area contributed by atoms with Crippen molar-refractivity contribution in [1.29, 1.82) is 0 Å². The number of para-hydroxylation sites is 2. The summed E-state index contributed by atoms with van der Waals surface area (Å²) in [7, 11) is 0. The van der Waals surface area contributed by atoms with Crippen LogP contribution >= 0.6 is 0 Å². The predicted molar refractivity (Wildman–Crippen MR) is 77.4 cm³/mol. The van der Waals surface area contributed by atoms with E-state index in [2.05, 4.69) is 10.3 Å². The molecule has 0 aliphatic carbocycles. The van der Waals surface area contributed by atoms with Crippen molar-refractivity contribution < 1.29 is 13.6 Å². The number of hydrogen-bond donors (Lipinski definition) is 1. The van der Waals surface area contributed by atoms with Gasteiger partial charge in [0.1, 0.15) is 11.3 Å². The molecule has 0 bridgehead atoms. The monoisotopic (exact) mass is 284 g/mol. The lowest BCUT2D eigenvalue weighted by atomic mass is 10.2. The van der Waals surface area contributed by atoms with Gasteiger partial charge in [-0.25, -0.2) is 9.37 Å². The van der Waals surface area contributed by atoms with E-state index in [9.17, 15) is 9.18 Å². The first kappa shape index (κ1) is 13.3. The normalized spacial score (nSPS) is 10.7. The summed E-state index contributed by atoms with van der Waals surface area (Å²) in [5.41, 5.74) is 1.92. The summed E-state index contributed by atoms with van der Waals surface area (Å²) in [6, 6.07) is 13.2. The smallest absolute Gasteiger partial charge is 0.224 e. The van der Waals surface area contributed by atoms with Crippen LogP contribution in [0.2, 0.25) is 0 Å². The van der Waals surface area contributed by atoms with E-state index in [4.69, 9.17) is 4.42 Å². The molecule has 1 amide bonds. The highest BCUT2D eigenvalue weighted by atomic mass is 19.1. The van der Waals surface area contributed by atoms with Gasteiger partial charge in [-0.3, -0.25) is 4.79 Å². The molecule has 0 saturated carbocycles. The van der Waals surface area contributed by atoms with Gasteiger partial charge in [-0.2, -0.15) is 0 Å². The second-order valence-electron chi connectivity index (χ2n) is 4.63. The maximum Gasteiger partial charge on any atom is 0.224 e. The second-order valence-corrected chi connectivity index (χ2v) is 4.63. The van der Waals surface area contributed by atoms with Crippen LogP contribution in [0.1, 0.15) is 12.3 Å². The van der Waals surface area contributed by atoms with Crippen LogP contribution in [0.5, 0.6) is 0 Å². The number of aryl methyl sites for hydroxylation is 1. The van der Waals surface area contributed by atoms with Crippen LogP contribution < -0.4 is 5.32 Å². The molecular weight excluding hydrogens is 271 g/mol. The average molecular weight is 284 g/mol. The van der Waals surface area contributed by atoms with Gasteiger partial charge in [0.05, 0.1) is 0 Å². The van der Waals surface area contributed by atoms with Gasteiger partial charge in [-0.1, -0.05) is 18.2 Å². The molecule has 1 heterocycles. The molecule has 5 heteroatoms. The Morgan fingerprint density at radius 2 is 2.05 bits per heavy atom. The Morgan fingerprint density at radius 1 is 1.19 bits per heavy atom. The summed E-state index contributed by atoms with van der Waals surface area (Å²) in [5.74, 6) is -0.0693. The highest BCUT2D eigenvalue weighted by Gasteiger charge is 2.08. The van der Waals surface area contributed by atoms with E-state index in [1.54, 1.807) is 12.1 Å². The highest BCUT2D eigenvalue weighted by Crippen LogP contribution is 2.16. The van der Waals surface area contributed by atoms with Crippen LogP contribution in [-0.4, -0.2) is 10.9 Å². The van der Waals surface area contributed by atoms with E-state index in [0.717, 1.165) is 5.52 Å². The van der Waals surface area contributed by atoms with Crippen molar-refractivity contribution in [1.82, 2.24) is 4.98 Å². The Labute approximate surface area is 120 Å². The third-order valence-electron chi connectivity index (χ3n) is 3.01. The Bertz CT molecular complexity index is 750. The molecule has 0 aliphatic heterocycles. The minimum Gasteiger partial charge on any atom is -0.441 e. The van der Waals surface area contributed by atoms with Crippen molar-refractivity contribution in [3.8, 4) is 0 Å². The molecule has 3 rings (SSSR count). The summed E-state index contributed by atoms with van der Waals surface area (Å²) in [4.78, 5) is 16.1. The highest BCUT2D eigenvalue weighted by molar-refractivity contribution is 5.90. The molecule has 4 nitrogen and oxygen atoms in total. The van der Waals surface area contributed by atoms with Gasteiger partial charge in [-0.05, 0) is 30.3 Å². The molecule has 1 N–H and O–H groups in total. The standard InChI is InChI=1S/C16H13FN2O2/c17-11-4-3-5-12(10-11)18-15(20)8-9-16-19-13-6-1-2-7-14(13)21-16/h1-7,10H,8-9H2,(H,18,20). The zero-order valence-corrected chi connectivity index (χ0v) is 11.2. The van der Waals surface area contributed by atoms with E-state index < -0.39 is 0 Å². The molecule has 106 valence electrons. The Hall–Kier alpha value is -2.69. The van der Waals surface area contributed by atoms with Gasteiger partial charge < -0.3 is 9.73 Å². The van der Waals surface area contributed by atoms with Crippen molar-refractivity contribution in [2.45, 2.75) is 12.8 Å². The minimum atomic E-state index is -0.383. The van der Waals surface area contributed by atoms with E-state index in [1.807, 2.05) is 24.3 Å². The topological polar surface area (TPSA) is 55.1 Å². The molecule has 0 atom stereocenters. The molecule has 0 unspecified atom stereocenters. The van der Waals surface area contributed by atoms with Crippen molar-refractivity contribution >= 4 is 22.7 Å². The fourth-order valence-corrected chi connectivity index (χ4v) is 2.04.